The predicted octanol–water partition coefficient (Wildman–Crippen LogP) is 0.175. The minimum absolute atomic E-state index is 0.111. The number of nitrogens with zero attached hydrogens (tertiary/aromatic N) is 2. The Kier molecular flexibility index (Phi) is 3.34. The Morgan fingerprint density at radius 2 is 2.07 bits per heavy atom. The van der Waals surface area contributed by atoms with E-state index in [0.717, 1.165) is 6.42 Å². The van der Waals surface area contributed by atoms with Crippen LogP contribution >= 0.6 is 0 Å². The van der Waals surface area contributed by atoms with E-state index in [1.165, 1.54) is 15.3 Å². The molecule has 1 unspecified atom stereocenters. The van der Waals surface area contributed by atoms with E-state index in [-0.39, 0.29) is 17.3 Å². The van der Waals surface area contributed by atoms with E-state index in [9.17, 15) is 9.59 Å². The maximum Gasteiger partial charge on any atom is 0.330 e. The lowest BCUT2D eigenvalue weighted by Crippen LogP contribution is -2.40. The van der Waals surface area contributed by atoms with Crippen molar-refractivity contribution in [2.75, 3.05) is 5.73 Å². The molecule has 0 aliphatic heterocycles. The first-order chi connectivity index (χ1) is 6.97. The minimum atomic E-state index is -0.390. The van der Waals surface area contributed by atoms with Gasteiger partial charge in [0, 0.05) is 19.8 Å². The smallest absolute Gasteiger partial charge is 0.330 e. The van der Waals surface area contributed by atoms with Crippen molar-refractivity contribution >= 4 is 5.69 Å². The van der Waals surface area contributed by atoms with Crippen LogP contribution in [-0.2, 0) is 13.6 Å². The van der Waals surface area contributed by atoms with Gasteiger partial charge >= 0.3 is 5.69 Å². The van der Waals surface area contributed by atoms with Gasteiger partial charge in [0.1, 0.15) is 5.69 Å². The number of hydrogen-bond acceptors (Lipinski definition) is 3. The molecule has 5 nitrogen and oxygen atoms in total. The third-order valence-corrected chi connectivity index (χ3v) is 2.55. The Morgan fingerprint density at radius 3 is 2.60 bits per heavy atom. The Bertz CT molecular complexity index is 424. The second-order valence-electron chi connectivity index (χ2n) is 3.91. The highest BCUT2D eigenvalue weighted by molar-refractivity contribution is 5.30. The van der Waals surface area contributed by atoms with Gasteiger partial charge in [0.25, 0.3) is 5.56 Å². The van der Waals surface area contributed by atoms with E-state index in [1.807, 2.05) is 13.8 Å². The normalized spacial score (nSPS) is 12.7. The molecule has 0 spiro atoms. The molecule has 1 heterocycles. The zero-order valence-corrected chi connectivity index (χ0v) is 9.36. The lowest BCUT2D eigenvalue weighted by Gasteiger charge is -2.12. The van der Waals surface area contributed by atoms with Crippen LogP contribution in [0.4, 0.5) is 5.69 Å². The molecule has 0 radical (unpaired) electrons. The number of aryl methyl sites for hydroxylation is 1. The van der Waals surface area contributed by atoms with Crippen molar-refractivity contribution in [1.29, 1.82) is 0 Å². The molecular weight excluding hydrogens is 194 g/mol. The molecule has 2 N–H and O–H groups in total. The number of nitrogen functional groups attached to an aromatic ring is 1. The average molecular weight is 211 g/mol. The van der Waals surface area contributed by atoms with Gasteiger partial charge in [0.05, 0.1) is 0 Å². The molecular formula is C10H17N3O2. The summed E-state index contributed by atoms with van der Waals surface area (Å²) >= 11 is 0. The summed E-state index contributed by atoms with van der Waals surface area (Å²) in [4.78, 5) is 23.3. The molecule has 5 heteroatoms. The van der Waals surface area contributed by atoms with Gasteiger partial charge in [0.15, 0.2) is 0 Å². The molecule has 1 atom stereocenters. The monoisotopic (exact) mass is 211 g/mol. The highest BCUT2D eigenvalue weighted by Crippen LogP contribution is 2.01. The summed E-state index contributed by atoms with van der Waals surface area (Å²) < 4.78 is 2.53. The molecule has 0 saturated carbocycles. The zero-order valence-electron chi connectivity index (χ0n) is 9.36. The van der Waals surface area contributed by atoms with E-state index in [4.69, 9.17) is 5.73 Å². The van der Waals surface area contributed by atoms with E-state index < -0.39 is 5.56 Å². The molecule has 0 aliphatic rings. The average Bonchev–Trinajstić information content (AvgIpc) is 2.21. The molecule has 1 aromatic heterocycles. The van der Waals surface area contributed by atoms with Gasteiger partial charge in [-0.3, -0.25) is 9.36 Å². The van der Waals surface area contributed by atoms with E-state index in [1.54, 1.807) is 7.05 Å². The van der Waals surface area contributed by atoms with Crippen molar-refractivity contribution in [1.82, 2.24) is 9.13 Å². The summed E-state index contributed by atoms with van der Waals surface area (Å²) in [5, 5.41) is 0. The molecule has 0 fully saturated rings. The van der Waals surface area contributed by atoms with Gasteiger partial charge in [-0.1, -0.05) is 20.3 Å². The van der Waals surface area contributed by atoms with Crippen molar-refractivity contribution < 1.29 is 0 Å². The highest BCUT2D eigenvalue weighted by atomic mass is 16.2. The minimum Gasteiger partial charge on any atom is -0.393 e. The zero-order chi connectivity index (χ0) is 11.6. The molecule has 0 aromatic carbocycles. The van der Waals surface area contributed by atoms with Gasteiger partial charge in [-0.15, -0.1) is 0 Å². The molecule has 0 aliphatic carbocycles. The first-order valence-corrected chi connectivity index (χ1v) is 5.03. The van der Waals surface area contributed by atoms with Crippen LogP contribution in [0.1, 0.15) is 20.3 Å². The first-order valence-electron chi connectivity index (χ1n) is 5.03. The number of hydrogen-bond donors (Lipinski definition) is 1. The van der Waals surface area contributed by atoms with Crippen LogP contribution in [0.15, 0.2) is 15.8 Å². The Hall–Kier alpha value is -1.52. The molecule has 0 amide bonds. The van der Waals surface area contributed by atoms with Gasteiger partial charge in [0.2, 0.25) is 0 Å². The number of nitrogens with two attached hydrogens (primary N) is 1. The van der Waals surface area contributed by atoms with E-state index in [2.05, 4.69) is 0 Å². The highest BCUT2D eigenvalue weighted by Gasteiger charge is 2.09. The van der Waals surface area contributed by atoms with Crippen molar-refractivity contribution in [2.24, 2.45) is 13.0 Å². The van der Waals surface area contributed by atoms with Crippen LogP contribution in [0.3, 0.4) is 0 Å². The van der Waals surface area contributed by atoms with Gasteiger partial charge in [-0.2, -0.15) is 0 Å². The van der Waals surface area contributed by atoms with Crippen LogP contribution in [0.25, 0.3) is 0 Å². The Morgan fingerprint density at radius 1 is 1.47 bits per heavy atom. The summed E-state index contributed by atoms with van der Waals surface area (Å²) in [6, 6.07) is 0. The molecule has 0 bridgehead atoms. The lowest BCUT2D eigenvalue weighted by atomic mass is 10.1. The van der Waals surface area contributed by atoms with Crippen molar-refractivity contribution in [3.05, 3.63) is 27.0 Å². The second kappa shape index (κ2) is 4.33. The fourth-order valence-electron chi connectivity index (χ4n) is 1.35. The molecule has 84 valence electrons. The van der Waals surface area contributed by atoms with Crippen LogP contribution in [0.2, 0.25) is 0 Å². The Labute approximate surface area is 88.1 Å². The largest absolute Gasteiger partial charge is 0.393 e. The lowest BCUT2D eigenvalue weighted by molar-refractivity contribution is 0.439. The number of rotatable bonds is 3. The van der Waals surface area contributed by atoms with Crippen molar-refractivity contribution in [2.45, 2.75) is 26.8 Å². The standard InChI is InChI=1S/C10H17N3O2/c1-4-7(2)5-13-9(14)8(11)6-12(3)10(13)15/h6-7H,4-5,11H2,1-3H3. The Balaban J connectivity index is 3.28. The molecule has 1 rings (SSSR count). The SMILES string of the molecule is CCC(C)Cn1c(=O)c(N)cn(C)c1=O. The summed E-state index contributed by atoms with van der Waals surface area (Å²) in [5.41, 5.74) is 4.92. The maximum atomic E-state index is 11.7. The molecule has 1 aromatic rings. The topological polar surface area (TPSA) is 70.0 Å². The van der Waals surface area contributed by atoms with Crippen LogP contribution in [0.5, 0.6) is 0 Å². The van der Waals surface area contributed by atoms with Gasteiger partial charge in [-0.25, -0.2) is 4.79 Å². The molecule has 0 saturated heterocycles. The van der Waals surface area contributed by atoms with Gasteiger partial charge < -0.3 is 10.3 Å². The van der Waals surface area contributed by atoms with Crippen LogP contribution in [0, 0.1) is 5.92 Å². The van der Waals surface area contributed by atoms with E-state index >= 15 is 0 Å². The summed E-state index contributed by atoms with van der Waals surface area (Å²) in [6.45, 7) is 4.44. The summed E-state index contributed by atoms with van der Waals surface area (Å²) in [6.07, 6.45) is 2.28. The van der Waals surface area contributed by atoms with Crippen molar-refractivity contribution in [3.63, 3.8) is 0 Å². The fourth-order valence-corrected chi connectivity index (χ4v) is 1.35. The first kappa shape index (κ1) is 11.6. The summed E-state index contributed by atoms with van der Waals surface area (Å²) in [7, 11) is 1.59. The fraction of sp³-hybridized carbons (Fsp3) is 0.600. The third-order valence-electron chi connectivity index (χ3n) is 2.55. The predicted molar refractivity (Wildman–Crippen MR) is 59.8 cm³/mol. The van der Waals surface area contributed by atoms with E-state index in [0.29, 0.717) is 6.54 Å². The van der Waals surface area contributed by atoms with Crippen molar-refractivity contribution in [3.8, 4) is 0 Å². The van der Waals surface area contributed by atoms with Crippen LogP contribution in [-0.4, -0.2) is 9.13 Å². The van der Waals surface area contributed by atoms with Gasteiger partial charge in [-0.05, 0) is 5.92 Å². The van der Waals surface area contributed by atoms with Crippen LogP contribution < -0.4 is 17.0 Å². The third kappa shape index (κ3) is 2.29. The number of aromatic nitrogens is 2. The molecule has 15 heavy (non-hydrogen) atoms. The quantitative estimate of drug-likeness (QED) is 0.775. The summed E-state index contributed by atoms with van der Waals surface area (Å²) in [5.74, 6) is 0.289. The second-order valence-corrected chi connectivity index (χ2v) is 3.91. The number of anilines is 1. The maximum absolute atomic E-state index is 11.7.